The van der Waals surface area contributed by atoms with Crippen LogP contribution in [0.1, 0.15) is 0 Å². The number of nitrogens with zero attached hydrogens (tertiary/aromatic N) is 8. The summed E-state index contributed by atoms with van der Waals surface area (Å²) in [5.41, 5.74) is 14.1. The monoisotopic (exact) mass is 746 g/mol. The molecule has 1 fully saturated rings. The maximum absolute atomic E-state index is 5.09. The van der Waals surface area contributed by atoms with Crippen LogP contribution >= 0.6 is 0 Å². The molecular weight excluding hydrogens is 709 g/mol. The van der Waals surface area contributed by atoms with E-state index >= 15 is 0 Å². The predicted octanol–water partition coefficient (Wildman–Crippen LogP) is 8.93. The number of likely N-dealkylation sites (N-methyl/N-ethyl adjacent to an activating group) is 1. The summed E-state index contributed by atoms with van der Waals surface area (Å²) >= 11 is 0. The molecule has 0 bridgehead atoms. The lowest BCUT2D eigenvalue weighted by atomic mass is 10.0. The second-order valence-corrected chi connectivity index (χ2v) is 14.2. The van der Waals surface area contributed by atoms with Crippen molar-refractivity contribution in [3.63, 3.8) is 0 Å². The first-order chi connectivity index (χ1) is 28.1. The summed E-state index contributed by atoms with van der Waals surface area (Å²) in [6.07, 6.45) is 5.18. The molecule has 4 aromatic heterocycles. The first kappa shape index (κ1) is 34.1. The van der Waals surface area contributed by atoms with Crippen molar-refractivity contribution in [2.75, 3.05) is 48.8 Å². The summed E-state index contributed by atoms with van der Waals surface area (Å²) in [6, 6.07) is 41.4. The van der Waals surface area contributed by atoms with Crippen LogP contribution in [0.2, 0.25) is 0 Å². The van der Waals surface area contributed by atoms with E-state index in [1.807, 2.05) is 48.5 Å². The molecule has 5 aromatic carbocycles. The summed E-state index contributed by atoms with van der Waals surface area (Å²) in [5.74, 6) is 1.03. The van der Waals surface area contributed by atoms with Crippen LogP contribution in [0.3, 0.4) is 0 Å². The van der Waals surface area contributed by atoms with Crippen molar-refractivity contribution >= 4 is 51.0 Å². The van der Waals surface area contributed by atoms with E-state index in [1.165, 1.54) is 5.69 Å². The molecule has 0 atom stereocenters. The van der Waals surface area contributed by atoms with Gasteiger partial charge in [-0.2, -0.15) is 0 Å². The Kier molecular flexibility index (Phi) is 8.76. The molecule has 1 aliphatic rings. The Labute approximate surface area is 328 Å². The van der Waals surface area contributed by atoms with Crippen molar-refractivity contribution in [1.29, 1.82) is 0 Å². The van der Waals surface area contributed by atoms with Gasteiger partial charge in [0.05, 0.1) is 51.8 Å². The number of hydrogen-bond donors (Lipinski definition) is 4. The third-order valence-corrected chi connectivity index (χ3v) is 10.4. The fourth-order valence-corrected chi connectivity index (χ4v) is 7.30. The highest BCUT2D eigenvalue weighted by Crippen LogP contribution is 2.32. The van der Waals surface area contributed by atoms with Crippen molar-refractivity contribution in [2.45, 2.75) is 0 Å². The van der Waals surface area contributed by atoms with Crippen molar-refractivity contribution in [1.82, 2.24) is 44.8 Å². The number of fused-ring (bicyclic) bond motifs is 2. The molecule has 5 heterocycles. The maximum Gasteiger partial charge on any atom is 0.228 e. The summed E-state index contributed by atoms with van der Waals surface area (Å²) in [7, 11) is 2.17. The van der Waals surface area contributed by atoms with Crippen molar-refractivity contribution in [3.05, 3.63) is 140 Å². The number of aromatic amines is 2. The van der Waals surface area contributed by atoms with Gasteiger partial charge in [0, 0.05) is 66.1 Å². The average molecular weight is 747 g/mol. The van der Waals surface area contributed by atoms with Gasteiger partial charge in [-0.15, -0.1) is 0 Å². The lowest BCUT2D eigenvalue weighted by Gasteiger charge is -2.34. The third-order valence-electron chi connectivity index (χ3n) is 10.4. The normalized spacial score (nSPS) is 13.3. The van der Waals surface area contributed by atoms with Gasteiger partial charge >= 0.3 is 0 Å². The maximum atomic E-state index is 5.09. The zero-order valence-electron chi connectivity index (χ0n) is 31.2. The minimum Gasteiger partial charge on any atom is -0.369 e. The van der Waals surface area contributed by atoms with Crippen LogP contribution in [0.4, 0.5) is 29.0 Å². The van der Waals surface area contributed by atoms with Crippen LogP contribution < -0.4 is 15.5 Å². The van der Waals surface area contributed by atoms with E-state index in [1.54, 1.807) is 18.9 Å². The molecule has 0 amide bonds. The zero-order chi connectivity index (χ0) is 38.1. The molecule has 57 heavy (non-hydrogen) atoms. The van der Waals surface area contributed by atoms with E-state index in [9.17, 15) is 0 Å². The van der Waals surface area contributed by atoms with Gasteiger partial charge < -0.3 is 30.4 Å². The third kappa shape index (κ3) is 7.24. The number of H-pyrrole nitrogens is 2. The van der Waals surface area contributed by atoms with Gasteiger partial charge in [-0.3, -0.25) is 0 Å². The summed E-state index contributed by atoms with van der Waals surface area (Å²) in [5, 5.41) is 6.95. The van der Waals surface area contributed by atoms with E-state index in [0.29, 0.717) is 11.9 Å². The highest BCUT2D eigenvalue weighted by molar-refractivity contribution is 5.83. The molecule has 12 nitrogen and oxygen atoms in total. The lowest BCUT2D eigenvalue weighted by molar-refractivity contribution is 0.313. The molecule has 0 radical (unpaired) electrons. The fourth-order valence-electron chi connectivity index (χ4n) is 7.30. The van der Waals surface area contributed by atoms with Gasteiger partial charge in [0.15, 0.2) is 0 Å². The molecule has 10 rings (SSSR count). The number of benzene rings is 5. The van der Waals surface area contributed by atoms with Gasteiger partial charge in [0.25, 0.3) is 0 Å². The Balaban J connectivity index is 0.955. The highest BCUT2D eigenvalue weighted by Gasteiger charge is 2.16. The Morgan fingerprint density at radius 3 is 1.81 bits per heavy atom. The Morgan fingerprint density at radius 2 is 1.07 bits per heavy atom. The van der Waals surface area contributed by atoms with Crippen LogP contribution in [-0.2, 0) is 0 Å². The van der Waals surface area contributed by atoms with E-state index in [-0.39, 0.29) is 0 Å². The Bertz CT molecular complexity index is 2870. The lowest BCUT2D eigenvalue weighted by Crippen LogP contribution is -2.44. The smallest absolute Gasteiger partial charge is 0.228 e. The van der Waals surface area contributed by atoms with Gasteiger partial charge in [0.2, 0.25) is 11.9 Å². The number of aromatic nitrogens is 8. The van der Waals surface area contributed by atoms with Crippen LogP contribution in [-0.4, -0.2) is 78.0 Å². The first-order valence-electron chi connectivity index (χ1n) is 18.9. The fraction of sp³-hybridized carbons (Fsp3) is 0.111. The molecule has 278 valence electrons. The van der Waals surface area contributed by atoms with Crippen LogP contribution in [0, 0.1) is 0 Å². The quantitative estimate of drug-likeness (QED) is 0.113. The summed E-state index contributed by atoms with van der Waals surface area (Å²) < 4.78 is 0. The molecule has 9 aromatic rings. The van der Waals surface area contributed by atoms with E-state index < -0.39 is 0 Å². The van der Waals surface area contributed by atoms with Crippen LogP contribution in [0.15, 0.2) is 140 Å². The number of nitrogens with one attached hydrogen (secondary N) is 4. The molecule has 4 N–H and O–H groups in total. The predicted molar refractivity (Wildman–Crippen MR) is 228 cm³/mol. The van der Waals surface area contributed by atoms with Crippen molar-refractivity contribution in [3.8, 4) is 44.9 Å². The second kappa shape index (κ2) is 14.7. The summed E-state index contributed by atoms with van der Waals surface area (Å²) in [6.45, 7) is 4.07. The van der Waals surface area contributed by atoms with Crippen LogP contribution in [0.5, 0.6) is 0 Å². The SMILES string of the molecule is CN1CCN(c2cccc(Nc3nc(-c4cccc(-c5cccc(Nc6nccc(-c7ccc8[nH]cnc8c7)n6)c5)c4)cc(-c4ccc5[nH]cnc5c4)n3)c2)CC1. The number of rotatable bonds is 9. The van der Waals surface area contributed by atoms with Gasteiger partial charge in [0.1, 0.15) is 0 Å². The molecule has 1 aliphatic heterocycles. The van der Waals surface area contributed by atoms with E-state index in [4.69, 9.17) is 15.0 Å². The molecule has 1 saturated heterocycles. The highest BCUT2D eigenvalue weighted by atomic mass is 15.2. The Morgan fingerprint density at radius 1 is 0.491 bits per heavy atom. The van der Waals surface area contributed by atoms with Crippen molar-refractivity contribution < 1.29 is 0 Å². The topological polar surface area (TPSA) is 139 Å². The summed E-state index contributed by atoms with van der Waals surface area (Å²) in [4.78, 5) is 39.5. The zero-order valence-corrected chi connectivity index (χ0v) is 31.2. The van der Waals surface area contributed by atoms with E-state index in [0.717, 1.165) is 105 Å². The van der Waals surface area contributed by atoms with Crippen molar-refractivity contribution in [2.24, 2.45) is 0 Å². The standard InChI is InChI=1S/C45H38N12/c1-56-17-19-57(20-18-56)36-10-4-9-35(25-36)52-45-54-40(26-41(55-45)33-12-14-39-43(24-33)50-28-48-39)31-7-2-5-29(21-31)30-6-3-8-34(22-30)51-44-46-16-15-37(53-44)32-11-13-38-42(23-32)49-27-47-38/h2-16,21-28H,17-20H2,1H3,(H,47,49)(H,48,50)(H,46,51,53)(H,52,54,55). The number of hydrogen-bond acceptors (Lipinski definition) is 10. The number of anilines is 5. The molecule has 0 spiro atoms. The molecule has 12 heteroatoms. The number of piperazine rings is 1. The molecular formula is C45H38N12. The minimum atomic E-state index is 0.510. The number of imidazole rings is 2. The average Bonchev–Trinajstić information content (AvgIpc) is 3.94. The molecule has 0 aliphatic carbocycles. The largest absolute Gasteiger partial charge is 0.369 e. The van der Waals surface area contributed by atoms with E-state index in [2.05, 4.69) is 125 Å². The van der Waals surface area contributed by atoms with Crippen LogP contribution in [0.25, 0.3) is 67.0 Å². The van der Waals surface area contributed by atoms with Gasteiger partial charge in [-0.05, 0) is 91.0 Å². The van der Waals surface area contributed by atoms with Gasteiger partial charge in [-0.25, -0.2) is 29.9 Å². The molecule has 0 unspecified atom stereocenters. The first-order valence-corrected chi connectivity index (χ1v) is 18.9. The van der Waals surface area contributed by atoms with Gasteiger partial charge in [-0.1, -0.05) is 48.5 Å². The second-order valence-electron chi connectivity index (χ2n) is 14.2. The Hall–Kier alpha value is -7.44. The molecule has 0 saturated carbocycles. The minimum absolute atomic E-state index is 0.510.